The molecule has 23 heavy (non-hydrogen) atoms. The second-order valence-electron chi connectivity index (χ2n) is 6.40. The van der Waals surface area contributed by atoms with E-state index in [2.05, 4.69) is 22.0 Å². The van der Waals surface area contributed by atoms with E-state index in [9.17, 15) is 4.79 Å². The summed E-state index contributed by atoms with van der Waals surface area (Å²) in [5.41, 5.74) is 0. The Balaban J connectivity index is 1.50. The minimum atomic E-state index is 0.0418. The first kappa shape index (κ1) is 16.4. The highest BCUT2D eigenvalue weighted by Gasteiger charge is 2.34. The molecule has 7 nitrogen and oxygen atoms in total. The van der Waals surface area contributed by atoms with Gasteiger partial charge in [-0.1, -0.05) is 12.1 Å². The fourth-order valence-electron chi connectivity index (χ4n) is 3.49. The van der Waals surface area contributed by atoms with Gasteiger partial charge in [0.25, 0.3) is 0 Å². The number of rotatable bonds is 4. The molecule has 128 valence electrons. The summed E-state index contributed by atoms with van der Waals surface area (Å²) >= 11 is 0. The number of amides is 1. The Morgan fingerprint density at radius 1 is 1.30 bits per heavy atom. The largest absolute Gasteiger partial charge is 0.377 e. The highest BCUT2D eigenvalue weighted by Crippen LogP contribution is 2.25. The normalized spacial score (nSPS) is 26.4. The van der Waals surface area contributed by atoms with Crippen LogP contribution in [0.1, 0.15) is 37.9 Å². The maximum atomic E-state index is 12.8. The highest BCUT2D eigenvalue weighted by atomic mass is 16.5. The first-order chi connectivity index (χ1) is 11.2. The molecule has 0 saturated carbocycles. The Hall–Kier alpha value is -1.47. The SMILES string of the molecule is CCC1OCCCC1C(=O)N1CCN(Cc2noc(C)n2)CC1. The van der Waals surface area contributed by atoms with E-state index >= 15 is 0 Å². The van der Waals surface area contributed by atoms with Crippen molar-refractivity contribution in [2.75, 3.05) is 32.8 Å². The van der Waals surface area contributed by atoms with E-state index < -0.39 is 0 Å². The van der Waals surface area contributed by atoms with Crippen LogP contribution < -0.4 is 0 Å². The molecule has 2 saturated heterocycles. The predicted octanol–water partition coefficient (Wildman–Crippen LogP) is 1.23. The van der Waals surface area contributed by atoms with Gasteiger partial charge < -0.3 is 14.2 Å². The number of hydrogen-bond donors (Lipinski definition) is 0. The lowest BCUT2D eigenvalue weighted by molar-refractivity contribution is -0.147. The third kappa shape index (κ3) is 3.90. The van der Waals surface area contributed by atoms with Gasteiger partial charge in [0.2, 0.25) is 11.8 Å². The van der Waals surface area contributed by atoms with Crippen LogP contribution >= 0.6 is 0 Å². The Labute approximate surface area is 137 Å². The number of carbonyl (C=O) groups excluding carboxylic acids is 1. The zero-order valence-corrected chi connectivity index (χ0v) is 14.0. The van der Waals surface area contributed by atoms with E-state index in [0.29, 0.717) is 18.3 Å². The van der Waals surface area contributed by atoms with Gasteiger partial charge in [-0.3, -0.25) is 9.69 Å². The molecule has 1 aromatic rings. The van der Waals surface area contributed by atoms with Crippen LogP contribution in [0, 0.1) is 12.8 Å². The zero-order valence-electron chi connectivity index (χ0n) is 14.0. The molecule has 2 unspecified atom stereocenters. The van der Waals surface area contributed by atoms with Crippen LogP contribution in [0.4, 0.5) is 0 Å². The van der Waals surface area contributed by atoms with Crippen LogP contribution in [0.15, 0.2) is 4.52 Å². The van der Waals surface area contributed by atoms with E-state index in [1.165, 1.54) is 0 Å². The summed E-state index contributed by atoms with van der Waals surface area (Å²) in [5, 5.41) is 3.93. The Morgan fingerprint density at radius 2 is 2.09 bits per heavy atom. The molecule has 2 fully saturated rings. The van der Waals surface area contributed by atoms with Crippen molar-refractivity contribution < 1.29 is 14.1 Å². The van der Waals surface area contributed by atoms with Gasteiger partial charge in [0.05, 0.1) is 18.6 Å². The zero-order chi connectivity index (χ0) is 16.2. The molecule has 0 aromatic carbocycles. The third-order valence-electron chi connectivity index (χ3n) is 4.78. The van der Waals surface area contributed by atoms with Gasteiger partial charge in [-0.25, -0.2) is 0 Å². The number of piperazine rings is 1. The molecule has 0 N–H and O–H groups in total. The number of nitrogens with zero attached hydrogens (tertiary/aromatic N) is 4. The van der Waals surface area contributed by atoms with Crippen LogP contribution in [-0.2, 0) is 16.1 Å². The molecule has 3 heterocycles. The predicted molar refractivity (Wildman–Crippen MR) is 83.6 cm³/mol. The van der Waals surface area contributed by atoms with Crippen molar-refractivity contribution in [1.82, 2.24) is 19.9 Å². The van der Waals surface area contributed by atoms with Crippen molar-refractivity contribution in [3.63, 3.8) is 0 Å². The number of ether oxygens (including phenoxy) is 1. The maximum absolute atomic E-state index is 12.8. The fourth-order valence-corrected chi connectivity index (χ4v) is 3.49. The van der Waals surface area contributed by atoms with E-state index in [1.807, 2.05) is 4.90 Å². The summed E-state index contributed by atoms with van der Waals surface area (Å²) in [6.45, 7) is 8.60. The van der Waals surface area contributed by atoms with Gasteiger partial charge in [-0.2, -0.15) is 4.98 Å². The smallest absolute Gasteiger partial charge is 0.228 e. The van der Waals surface area contributed by atoms with Crippen LogP contribution in [-0.4, -0.2) is 64.7 Å². The second-order valence-corrected chi connectivity index (χ2v) is 6.40. The molecule has 1 amide bonds. The molecular weight excluding hydrogens is 296 g/mol. The van der Waals surface area contributed by atoms with Crippen LogP contribution in [0.25, 0.3) is 0 Å². The van der Waals surface area contributed by atoms with Gasteiger partial charge in [0.1, 0.15) is 0 Å². The molecule has 2 aliphatic rings. The molecule has 7 heteroatoms. The molecule has 0 spiro atoms. The number of hydrogen-bond acceptors (Lipinski definition) is 6. The number of aromatic nitrogens is 2. The molecule has 3 rings (SSSR count). The average Bonchev–Trinajstić information content (AvgIpc) is 3.00. The molecule has 2 atom stereocenters. The van der Waals surface area contributed by atoms with Crippen molar-refractivity contribution in [1.29, 1.82) is 0 Å². The van der Waals surface area contributed by atoms with Gasteiger partial charge in [-0.15, -0.1) is 0 Å². The first-order valence-corrected chi connectivity index (χ1v) is 8.59. The second kappa shape index (κ2) is 7.40. The lowest BCUT2D eigenvalue weighted by Crippen LogP contribution is -2.52. The van der Waals surface area contributed by atoms with E-state index in [4.69, 9.17) is 9.26 Å². The first-order valence-electron chi connectivity index (χ1n) is 8.59. The quantitative estimate of drug-likeness (QED) is 0.830. The topological polar surface area (TPSA) is 71.7 Å². The third-order valence-corrected chi connectivity index (χ3v) is 4.78. The van der Waals surface area contributed by atoms with Crippen LogP contribution in [0.3, 0.4) is 0 Å². The highest BCUT2D eigenvalue weighted by molar-refractivity contribution is 5.79. The molecule has 2 aliphatic heterocycles. The van der Waals surface area contributed by atoms with E-state index in [-0.39, 0.29) is 17.9 Å². The fraction of sp³-hybridized carbons (Fsp3) is 0.812. The number of aryl methyl sites for hydroxylation is 1. The van der Waals surface area contributed by atoms with Crippen LogP contribution in [0.2, 0.25) is 0 Å². The van der Waals surface area contributed by atoms with Crippen molar-refractivity contribution in [3.8, 4) is 0 Å². The van der Waals surface area contributed by atoms with Gasteiger partial charge in [-0.05, 0) is 19.3 Å². The van der Waals surface area contributed by atoms with Gasteiger partial charge in [0.15, 0.2) is 5.82 Å². The standard InChI is InChI=1S/C16H26N4O3/c1-3-14-13(5-4-10-22-14)16(21)20-8-6-19(7-9-20)11-15-17-12(2)23-18-15/h13-14H,3-11H2,1-2H3. The number of carbonyl (C=O) groups is 1. The lowest BCUT2D eigenvalue weighted by atomic mass is 9.91. The van der Waals surface area contributed by atoms with Crippen molar-refractivity contribution in [2.24, 2.45) is 5.92 Å². The molecule has 0 radical (unpaired) electrons. The van der Waals surface area contributed by atoms with Crippen molar-refractivity contribution >= 4 is 5.91 Å². The molecule has 1 aromatic heterocycles. The summed E-state index contributed by atoms with van der Waals surface area (Å²) in [6, 6.07) is 0. The summed E-state index contributed by atoms with van der Waals surface area (Å²) in [6.07, 6.45) is 2.95. The molecular formula is C16H26N4O3. The average molecular weight is 322 g/mol. The van der Waals surface area contributed by atoms with Gasteiger partial charge in [0, 0.05) is 39.7 Å². The van der Waals surface area contributed by atoms with Gasteiger partial charge >= 0.3 is 0 Å². The Bertz CT molecular complexity index is 525. The minimum Gasteiger partial charge on any atom is -0.377 e. The summed E-state index contributed by atoms with van der Waals surface area (Å²) < 4.78 is 10.8. The minimum absolute atomic E-state index is 0.0418. The Kier molecular flexibility index (Phi) is 5.27. The Morgan fingerprint density at radius 3 is 2.74 bits per heavy atom. The summed E-state index contributed by atoms with van der Waals surface area (Å²) in [4.78, 5) is 21.3. The maximum Gasteiger partial charge on any atom is 0.228 e. The molecule has 0 aliphatic carbocycles. The van der Waals surface area contributed by atoms with E-state index in [1.54, 1.807) is 6.92 Å². The summed E-state index contributed by atoms with van der Waals surface area (Å²) in [5.74, 6) is 1.62. The van der Waals surface area contributed by atoms with E-state index in [0.717, 1.165) is 52.0 Å². The van der Waals surface area contributed by atoms with Crippen molar-refractivity contribution in [2.45, 2.75) is 45.8 Å². The lowest BCUT2D eigenvalue weighted by Gasteiger charge is -2.38. The van der Waals surface area contributed by atoms with Crippen molar-refractivity contribution in [3.05, 3.63) is 11.7 Å². The molecule has 0 bridgehead atoms. The van der Waals surface area contributed by atoms with Crippen LogP contribution in [0.5, 0.6) is 0 Å². The summed E-state index contributed by atoms with van der Waals surface area (Å²) in [7, 11) is 0. The monoisotopic (exact) mass is 322 g/mol.